The van der Waals surface area contributed by atoms with E-state index in [2.05, 4.69) is 4.90 Å². The lowest BCUT2D eigenvalue weighted by Crippen LogP contribution is -2.21. The van der Waals surface area contributed by atoms with Gasteiger partial charge >= 0.3 is 0 Å². The van der Waals surface area contributed by atoms with Gasteiger partial charge in [0.05, 0.1) is 6.61 Å². The number of rotatable bonds is 2. The van der Waals surface area contributed by atoms with Crippen LogP contribution >= 0.6 is 0 Å². The number of hydrogen-bond acceptors (Lipinski definition) is 3. The smallest absolute Gasteiger partial charge is 0.131 e. The average molecular weight is 250 g/mol. The fourth-order valence-corrected chi connectivity index (χ4v) is 3.18. The normalized spacial score (nSPS) is 27.3. The first-order valence-electron chi connectivity index (χ1n) is 6.55. The van der Waals surface area contributed by atoms with Gasteiger partial charge in [0.2, 0.25) is 0 Å². The maximum atomic E-state index is 14.2. The lowest BCUT2D eigenvalue weighted by atomic mass is 9.96. The Morgan fingerprint density at radius 3 is 3.06 bits per heavy atom. The minimum atomic E-state index is -0.148. The minimum Gasteiger partial charge on any atom is -0.492 e. The molecule has 98 valence electrons. The van der Waals surface area contributed by atoms with Crippen LogP contribution in [0, 0.1) is 11.7 Å². The zero-order valence-corrected chi connectivity index (χ0v) is 10.7. The van der Waals surface area contributed by atoms with E-state index in [0.717, 1.165) is 36.3 Å². The number of nitrogens with zero attached hydrogens (tertiary/aromatic N) is 1. The highest BCUT2D eigenvalue weighted by Crippen LogP contribution is 2.42. The molecule has 0 radical (unpaired) electrons. The molecule has 4 heteroatoms. The summed E-state index contributed by atoms with van der Waals surface area (Å²) < 4.78 is 19.8. The molecule has 3 rings (SSSR count). The van der Waals surface area contributed by atoms with E-state index in [4.69, 9.17) is 10.5 Å². The molecule has 1 aromatic rings. The lowest BCUT2D eigenvalue weighted by molar-refractivity contribution is 0.289. The van der Waals surface area contributed by atoms with Crippen molar-refractivity contribution in [3.8, 4) is 5.75 Å². The zero-order valence-electron chi connectivity index (χ0n) is 10.7. The Morgan fingerprint density at radius 2 is 2.33 bits per heavy atom. The van der Waals surface area contributed by atoms with Crippen LogP contribution in [0.4, 0.5) is 4.39 Å². The number of hydrogen-bond donors (Lipinski definition) is 1. The Morgan fingerprint density at radius 1 is 1.50 bits per heavy atom. The van der Waals surface area contributed by atoms with Crippen molar-refractivity contribution in [3.63, 3.8) is 0 Å². The molecule has 2 unspecified atom stereocenters. The first-order valence-corrected chi connectivity index (χ1v) is 6.55. The summed E-state index contributed by atoms with van der Waals surface area (Å²) in [6, 6.07) is 3.52. The van der Waals surface area contributed by atoms with Crippen molar-refractivity contribution < 1.29 is 9.13 Å². The van der Waals surface area contributed by atoms with Crippen LogP contribution in [-0.4, -0.2) is 31.6 Å². The van der Waals surface area contributed by atoms with E-state index in [-0.39, 0.29) is 11.9 Å². The van der Waals surface area contributed by atoms with Crippen LogP contribution in [0.2, 0.25) is 0 Å². The van der Waals surface area contributed by atoms with Crippen molar-refractivity contribution >= 4 is 0 Å². The van der Waals surface area contributed by atoms with E-state index in [1.54, 1.807) is 6.07 Å². The Labute approximate surface area is 107 Å². The SMILES string of the molecule is CN1CC(CN)CC1c1c(F)ccc2c1OCC2. The van der Waals surface area contributed by atoms with Gasteiger partial charge in [0, 0.05) is 24.6 Å². The molecule has 0 aliphatic carbocycles. The van der Waals surface area contributed by atoms with Gasteiger partial charge in [-0.25, -0.2) is 4.39 Å². The first-order chi connectivity index (χ1) is 8.70. The molecule has 2 heterocycles. The molecule has 1 fully saturated rings. The van der Waals surface area contributed by atoms with Crippen LogP contribution in [0.5, 0.6) is 5.75 Å². The van der Waals surface area contributed by atoms with Crippen LogP contribution in [0.3, 0.4) is 0 Å². The van der Waals surface area contributed by atoms with E-state index >= 15 is 0 Å². The summed E-state index contributed by atoms with van der Waals surface area (Å²) in [4.78, 5) is 2.19. The van der Waals surface area contributed by atoms with Crippen molar-refractivity contribution in [1.82, 2.24) is 4.90 Å². The molecule has 0 aromatic heterocycles. The predicted octanol–water partition coefficient (Wildman–Crippen LogP) is 1.71. The number of halogens is 1. The van der Waals surface area contributed by atoms with Crippen LogP contribution in [0.1, 0.15) is 23.6 Å². The molecule has 2 aliphatic heterocycles. The van der Waals surface area contributed by atoms with Gasteiger partial charge in [-0.15, -0.1) is 0 Å². The van der Waals surface area contributed by atoms with Gasteiger partial charge in [-0.05, 0) is 37.6 Å². The van der Waals surface area contributed by atoms with Crippen molar-refractivity contribution in [3.05, 3.63) is 29.1 Å². The summed E-state index contributed by atoms with van der Waals surface area (Å²) >= 11 is 0. The first kappa shape index (κ1) is 11.9. The number of ether oxygens (including phenoxy) is 1. The predicted molar refractivity (Wildman–Crippen MR) is 68.1 cm³/mol. The van der Waals surface area contributed by atoms with E-state index < -0.39 is 0 Å². The molecular formula is C14H19FN2O. The fraction of sp³-hybridized carbons (Fsp3) is 0.571. The van der Waals surface area contributed by atoms with Gasteiger partial charge < -0.3 is 10.5 Å². The van der Waals surface area contributed by atoms with E-state index in [1.807, 2.05) is 13.1 Å². The quantitative estimate of drug-likeness (QED) is 0.868. The van der Waals surface area contributed by atoms with Crippen LogP contribution in [-0.2, 0) is 6.42 Å². The Hall–Kier alpha value is -1.13. The molecule has 0 spiro atoms. The number of nitrogens with two attached hydrogens (primary N) is 1. The number of likely N-dealkylation sites (tertiary alicyclic amines) is 1. The van der Waals surface area contributed by atoms with Gasteiger partial charge in [-0.3, -0.25) is 4.90 Å². The summed E-state index contributed by atoms with van der Waals surface area (Å²) in [7, 11) is 2.04. The Balaban J connectivity index is 1.99. The highest BCUT2D eigenvalue weighted by molar-refractivity contribution is 5.46. The molecule has 1 saturated heterocycles. The molecule has 3 nitrogen and oxygen atoms in total. The van der Waals surface area contributed by atoms with Gasteiger partial charge in [0.25, 0.3) is 0 Å². The molecular weight excluding hydrogens is 231 g/mol. The second-order valence-electron chi connectivity index (χ2n) is 5.34. The monoisotopic (exact) mass is 250 g/mol. The summed E-state index contributed by atoms with van der Waals surface area (Å²) in [5.41, 5.74) is 7.61. The van der Waals surface area contributed by atoms with E-state index in [1.165, 1.54) is 0 Å². The van der Waals surface area contributed by atoms with Gasteiger partial charge in [-0.2, -0.15) is 0 Å². The molecule has 0 saturated carbocycles. The van der Waals surface area contributed by atoms with Gasteiger partial charge in [0.15, 0.2) is 0 Å². The fourth-order valence-electron chi connectivity index (χ4n) is 3.18. The summed E-state index contributed by atoms with van der Waals surface area (Å²) in [5, 5.41) is 0. The highest BCUT2D eigenvalue weighted by Gasteiger charge is 2.35. The summed E-state index contributed by atoms with van der Waals surface area (Å²) in [6.07, 6.45) is 1.81. The minimum absolute atomic E-state index is 0.103. The van der Waals surface area contributed by atoms with Crippen molar-refractivity contribution in [2.75, 3.05) is 26.7 Å². The van der Waals surface area contributed by atoms with Crippen molar-refractivity contribution in [2.45, 2.75) is 18.9 Å². The molecule has 18 heavy (non-hydrogen) atoms. The third kappa shape index (κ3) is 1.80. The number of benzene rings is 1. The largest absolute Gasteiger partial charge is 0.492 e. The third-order valence-electron chi connectivity index (χ3n) is 4.14. The molecule has 2 atom stereocenters. The van der Waals surface area contributed by atoms with Crippen molar-refractivity contribution in [1.29, 1.82) is 0 Å². The maximum Gasteiger partial charge on any atom is 0.131 e. The Kier molecular flexibility index (Phi) is 2.99. The second kappa shape index (κ2) is 4.52. The van der Waals surface area contributed by atoms with Crippen LogP contribution < -0.4 is 10.5 Å². The summed E-state index contributed by atoms with van der Waals surface area (Å²) in [5.74, 6) is 1.09. The third-order valence-corrected chi connectivity index (χ3v) is 4.14. The summed E-state index contributed by atoms with van der Waals surface area (Å²) in [6.45, 7) is 2.27. The number of fused-ring (bicyclic) bond motifs is 1. The highest BCUT2D eigenvalue weighted by atomic mass is 19.1. The van der Waals surface area contributed by atoms with E-state index in [0.29, 0.717) is 19.1 Å². The van der Waals surface area contributed by atoms with Crippen LogP contribution in [0.15, 0.2) is 12.1 Å². The molecule has 0 amide bonds. The molecule has 1 aromatic carbocycles. The average Bonchev–Trinajstić information content (AvgIpc) is 2.96. The van der Waals surface area contributed by atoms with Gasteiger partial charge in [-0.1, -0.05) is 6.07 Å². The standard InChI is InChI=1S/C14H19FN2O/c1-17-8-9(7-16)6-12(17)13-11(15)3-2-10-4-5-18-14(10)13/h2-3,9,12H,4-8,16H2,1H3. The lowest BCUT2D eigenvalue weighted by Gasteiger charge is -2.22. The Bertz CT molecular complexity index is 463. The molecule has 2 N–H and O–H groups in total. The maximum absolute atomic E-state index is 14.2. The van der Waals surface area contributed by atoms with Gasteiger partial charge in [0.1, 0.15) is 11.6 Å². The van der Waals surface area contributed by atoms with E-state index in [9.17, 15) is 4.39 Å². The van der Waals surface area contributed by atoms with Crippen LogP contribution in [0.25, 0.3) is 0 Å². The topological polar surface area (TPSA) is 38.5 Å². The second-order valence-corrected chi connectivity index (χ2v) is 5.34. The molecule has 0 bridgehead atoms. The van der Waals surface area contributed by atoms with Crippen molar-refractivity contribution in [2.24, 2.45) is 11.7 Å². The zero-order chi connectivity index (χ0) is 12.7. The molecule has 2 aliphatic rings.